The van der Waals surface area contributed by atoms with Gasteiger partial charge in [-0.15, -0.1) is 0 Å². The van der Waals surface area contributed by atoms with Crippen molar-refractivity contribution < 1.29 is 17.2 Å². The molecule has 2 aromatic rings. The Kier molecular flexibility index (Phi) is 4.82. The molecule has 0 atom stereocenters. The van der Waals surface area contributed by atoms with E-state index < -0.39 is 23.0 Å². The number of fused-ring (bicyclic) bond motifs is 1. The van der Waals surface area contributed by atoms with E-state index in [1.807, 2.05) is 0 Å². The van der Waals surface area contributed by atoms with Crippen LogP contribution in [-0.4, -0.2) is 37.7 Å². The lowest BCUT2D eigenvalue weighted by Gasteiger charge is -2.17. The lowest BCUT2D eigenvalue weighted by Crippen LogP contribution is -2.31. The van der Waals surface area contributed by atoms with Crippen LogP contribution >= 0.6 is 27.5 Å². The summed E-state index contributed by atoms with van der Waals surface area (Å²) in [6, 6.07) is 5.03. The number of nitrogens with zero attached hydrogens (tertiary/aromatic N) is 2. The summed E-state index contributed by atoms with van der Waals surface area (Å²) >= 11 is 9.41. The summed E-state index contributed by atoms with van der Waals surface area (Å²) in [7, 11) is -3.05. The summed E-state index contributed by atoms with van der Waals surface area (Å²) in [6.45, 7) is -0.908. The van der Waals surface area contributed by atoms with Crippen LogP contribution in [0.15, 0.2) is 33.8 Å². The monoisotopic (exact) mass is 398 g/mol. The van der Waals surface area contributed by atoms with Crippen molar-refractivity contribution in [3.05, 3.63) is 33.9 Å². The molecule has 0 aliphatic heterocycles. The van der Waals surface area contributed by atoms with E-state index in [4.69, 9.17) is 11.6 Å². The molecule has 9 heteroatoms. The van der Waals surface area contributed by atoms with Gasteiger partial charge in [0.05, 0.1) is 17.1 Å². The molecule has 0 amide bonds. The largest absolute Gasteiger partial charge is 0.254 e. The second-order valence-electron chi connectivity index (χ2n) is 4.25. The molecule has 114 valence electrons. The van der Waals surface area contributed by atoms with Crippen molar-refractivity contribution in [1.29, 1.82) is 0 Å². The number of benzene rings is 1. The van der Waals surface area contributed by atoms with Crippen molar-refractivity contribution in [2.75, 3.05) is 13.6 Å². The van der Waals surface area contributed by atoms with Gasteiger partial charge in [-0.2, -0.15) is 4.31 Å². The first kappa shape index (κ1) is 16.5. The third-order valence-corrected chi connectivity index (χ3v) is 5.83. The number of rotatable bonds is 4. The molecule has 4 nitrogen and oxygen atoms in total. The Bertz CT molecular complexity index is 786. The van der Waals surface area contributed by atoms with Crippen molar-refractivity contribution in [3.8, 4) is 0 Å². The molecule has 0 bridgehead atoms. The Morgan fingerprint density at radius 2 is 2.10 bits per heavy atom. The van der Waals surface area contributed by atoms with Crippen LogP contribution in [0, 0.1) is 0 Å². The Balaban J connectivity index is 2.60. The van der Waals surface area contributed by atoms with Crippen LogP contribution in [0.25, 0.3) is 10.9 Å². The van der Waals surface area contributed by atoms with Gasteiger partial charge in [-0.1, -0.05) is 23.7 Å². The predicted octanol–water partition coefficient (Wildman–Crippen LogP) is 3.54. The van der Waals surface area contributed by atoms with Gasteiger partial charge >= 0.3 is 0 Å². The fourth-order valence-corrected chi connectivity index (χ4v) is 3.91. The summed E-state index contributed by atoms with van der Waals surface area (Å²) in [5, 5.41) is 0.389. The van der Waals surface area contributed by atoms with Gasteiger partial charge in [0.1, 0.15) is 4.90 Å². The van der Waals surface area contributed by atoms with Gasteiger partial charge < -0.3 is 0 Å². The maximum absolute atomic E-state index is 12.4. The molecule has 21 heavy (non-hydrogen) atoms. The van der Waals surface area contributed by atoms with Gasteiger partial charge in [0.15, 0.2) is 0 Å². The molecule has 0 fully saturated rings. The van der Waals surface area contributed by atoms with Crippen molar-refractivity contribution in [2.24, 2.45) is 0 Å². The minimum atomic E-state index is -4.13. The molecule has 2 rings (SSSR count). The third-order valence-electron chi connectivity index (χ3n) is 2.83. The van der Waals surface area contributed by atoms with E-state index in [9.17, 15) is 17.2 Å². The predicted molar refractivity (Wildman–Crippen MR) is 80.3 cm³/mol. The van der Waals surface area contributed by atoms with Crippen LogP contribution in [0.4, 0.5) is 8.78 Å². The smallest absolute Gasteiger partial charge is 0.252 e. The van der Waals surface area contributed by atoms with Crippen molar-refractivity contribution >= 4 is 48.5 Å². The van der Waals surface area contributed by atoms with Gasteiger partial charge in [-0.3, -0.25) is 4.98 Å². The highest BCUT2D eigenvalue weighted by molar-refractivity contribution is 9.10. The van der Waals surface area contributed by atoms with E-state index in [1.165, 1.54) is 0 Å². The number of para-hydroxylation sites is 1. The number of hydrogen-bond donors (Lipinski definition) is 0. The lowest BCUT2D eigenvalue weighted by molar-refractivity contribution is 0.126. The molecule has 0 saturated heterocycles. The maximum Gasteiger partial charge on any atom is 0.252 e. The molecule has 1 aromatic carbocycles. The first-order chi connectivity index (χ1) is 9.75. The summed E-state index contributed by atoms with van der Waals surface area (Å²) in [4.78, 5) is 3.75. The second-order valence-corrected chi connectivity index (χ2v) is 7.49. The zero-order chi connectivity index (χ0) is 15.8. The molecular weight excluding hydrogens is 390 g/mol. The summed E-state index contributed by atoms with van der Waals surface area (Å²) in [6.07, 6.45) is -1.70. The first-order valence-corrected chi connectivity index (χ1v) is 8.33. The second kappa shape index (κ2) is 6.12. The van der Waals surface area contributed by atoms with Gasteiger partial charge in [-0.05, 0) is 22.0 Å². The van der Waals surface area contributed by atoms with Crippen LogP contribution in [0.3, 0.4) is 0 Å². The van der Waals surface area contributed by atoms with E-state index in [2.05, 4.69) is 20.9 Å². The van der Waals surface area contributed by atoms with E-state index in [1.54, 1.807) is 18.2 Å². The van der Waals surface area contributed by atoms with Crippen molar-refractivity contribution in [3.63, 3.8) is 0 Å². The van der Waals surface area contributed by atoms with E-state index in [-0.39, 0.29) is 9.92 Å². The molecule has 0 unspecified atom stereocenters. The SMILES string of the molecule is CN(CC(F)F)S(=O)(=O)c1cnc2c(Br)cccc2c1Cl. The van der Waals surface area contributed by atoms with E-state index in [0.717, 1.165) is 13.2 Å². The summed E-state index contributed by atoms with van der Waals surface area (Å²) < 4.78 is 50.5. The fraction of sp³-hybridized carbons (Fsp3) is 0.250. The normalized spacial score (nSPS) is 12.5. The van der Waals surface area contributed by atoms with E-state index >= 15 is 0 Å². The standard InChI is InChI=1S/C12H10BrClF2N2O2S/c1-18(6-10(15)16)21(19,20)9-5-17-12-7(11(9)14)3-2-4-8(12)13/h2-5,10H,6H2,1H3. The Morgan fingerprint density at radius 1 is 1.43 bits per heavy atom. The van der Waals surface area contributed by atoms with Gasteiger partial charge in [0.2, 0.25) is 10.0 Å². The van der Waals surface area contributed by atoms with Gasteiger partial charge in [0.25, 0.3) is 6.43 Å². The van der Waals surface area contributed by atoms with Crippen molar-refractivity contribution in [1.82, 2.24) is 9.29 Å². The first-order valence-electron chi connectivity index (χ1n) is 5.72. The molecule has 0 radical (unpaired) electrons. The molecule has 1 heterocycles. The number of alkyl halides is 2. The molecule has 0 aliphatic carbocycles. The zero-order valence-electron chi connectivity index (χ0n) is 10.7. The molecule has 1 aromatic heterocycles. The van der Waals surface area contributed by atoms with Crippen LogP contribution in [0.1, 0.15) is 0 Å². The zero-order valence-corrected chi connectivity index (χ0v) is 13.9. The third kappa shape index (κ3) is 3.18. The van der Waals surface area contributed by atoms with Gasteiger partial charge in [0, 0.05) is 23.1 Å². The highest BCUT2D eigenvalue weighted by atomic mass is 79.9. The minimum Gasteiger partial charge on any atom is -0.254 e. The number of sulfonamides is 1. The minimum absolute atomic E-state index is 0.0394. The molecule has 0 saturated carbocycles. The average molecular weight is 400 g/mol. The van der Waals surface area contributed by atoms with E-state index in [0.29, 0.717) is 19.7 Å². The maximum atomic E-state index is 12.4. The molecular formula is C12H10BrClF2N2O2S. The number of halogens is 4. The van der Waals surface area contributed by atoms with Crippen molar-refractivity contribution in [2.45, 2.75) is 11.3 Å². The molecule has 0 spiro atoms. The molecule has 0 N–H and O–H groups in total. The number of aromatic nitrogens is 1. The summed E-state index contributed by atoms with van der Waals surface area (Å²) in [5.41, 5.74) is 0.498. The number of hydrogen-bond acceptors (Lipinski definition) is 3. The topological polar surface area (TPSA) is 50.3 Å². The highest BCUT2D eigenvalue weighted by Crippen LogP contribution is 2.33. The Hall–Kier alpha value is -0.830. The highest BCUT2D eigenvalue weighted by Gasteiger charge is 2.27. The quantitative estimate of drug-likeness (QED) is 0.790. The number of pyridine rings is 1. The lowest BCUT2D eigenvalue weighted by atomic mass is 10.2. The molecule has 0 aliphatic rings. The van der Waals surface area contributed by atoms with Crippen LogP contribution in [0.5, 0.6) is 0 Å². The van der Waals surface area contributed by atoms with Crippen LogP contribution in [0.2, 0.25) is 5.02 Å². The average Bonchev–Trinajstić information content (AvgIpc) is 2.39. The van der Waals surface area contributed by atoms with Crippen LogP contribution in [-0.2, 0) is 10.0 Å². The summed E-state index contributed by atoms with van der Waals surface area (Å²) in [5.74, 6) is 0. The Labute approximate surface area is 133 Å². The Morgan fingerprint density at radius 3 is 2.71 bits per heavy atom. The van der Waals surface area contributed by atoms with Gasteiger partial charge in [-0.25, -0.2) is 17.2 Å². The van der Waals surface area contributed by atoms with Crippen LogP contribution < -0.4 is 0 Å². The fourth-order valence-electron chi connectivity index (χ4n) is 1.78.